The smallest absolute Gasteiger partial charge is 0.124 e. The number of aromatic nitrogens is 2. The van der Waals surface area contributed by atoms with Gasteiger partial charge in [-0.25, -0.2) is 0 Å². The first kappa shape index (κ1) is 25.1. The van der Waals surface area contributed by atoms with Gasteiger partial charge in [-0.2, -0.15) is 0 Å². The maximum Gasteiger partial charge on any atom is 0.124 e. The van der Waals surface area contributed by atoms with Gasteiger partial charge in [-0.15, -0.1) is 0 Å². The molecule has 0 bridgehead atoms. The lowest BCUT2D eigenvalue weighted by molar-refractivity contribution is -0.127. The number of aryl methyl sites for hydroxylation is 2. The summed E-state index contributed by atoms with van der Waals surface area (Å²) in [6.45, 7) is 8.16. The van der Waals surface area contributed by atoms with E-state index in [1.807, 2.05) is 18.5 Å². The number of nitrogens with zero attached hydrogens (tertiary/aromatic N) is 3. The second kappa shape index (κ2) is 9.37. The van der Waals surface area contributed by atoms with Gasteiger partial charge in [0, 0.05) is 42.7 Å². The Morgan fingerprint density at radius 3 is 2.53 bits per heavy atom. The second-order valence-corrected chi connectivity index (χ2v) is 11.7. The van der Waals surface area contributed by atoms with Gasteiger partial charge in [-0.3, -0.25) is 9.97 Å². The van der Waals surface area contributed by atoms with Gasteiger partial charge in [0.15, 0.2) is 0 Å². The van der Waals surface area contributed by atoms with Crippen LogP contribution in [0.5, 0.6) is 0 Å². The predicted octanol–water partition coefficient (Wildman–Crippen LogP) is 4.94. The molecule has 2 unspecified atom stereocenters. The van der Waals surface area contributed by atoms with E-state index in [1.165, 1.54) is 5.56 Å². The molecule has 0 amide bonds. The molecule has 5 heteroatoms. The quantitative estimate of drug-likeness (QED) is 0.496. The van der Waals surface area contributed by atoms with E-state index in [0.717, 1.165) is 60.3 Å². The summed E-state index contributed by atoms with van der Waals surface area (Å²) in [5.41, 5.74) is 3.59. The van der Waals surface area contributed by atoms with Crippen LogP contribution in [-0.4, -0.2) is 45.2 Å². The van der Waals surface area contributed by atoms with Gasteiger partial charge >= 0.3 is 0 Å². The molecule has 0 radical (unpaired) electrons. The van der Waals surface area contributed by atoms with E-state index in [4.69, 9.17) is 0 Å². The molecular formula is C31H39N3O2. The molecule has 2 N–H and O–H groups in total. The number of likely N-dealkylation sites (tertiary alicyclic amines) is 1. The number of hydrogen-bond donors (Lipinski definition) is 2. The monoisotopic (exact) mass is 485 g/mol. The molecule has 5 nitrogen and oxygen atoms in total. The van der Waals surface area contributed by atoms with Gasteiger partial charge in [-0.05, 0) is 79.5 Å². The topological polar surface area (TPSA) is 69.5 Å². The average molecular weight is 486 g/mol. The summed E-state index contributed by atoms with van der Waals surface area (Å²) < 4.78 is 0. The van der Waals surface area contributed by atoms with Gasteiger partial charge in [0.25, 0.3) is 0 Å². The standard InChI is InChI=1S/C31H39N3O2/c1-22(2)24-9-11-26(12-10-24)31(36,29(3)20-34(4)21-29)27-17-23(18-32-19-27)13-15-30(35)14-5-7-25-8-6-16-33-28(25)30/h6,8-12,16-19,22,35-36H,5,7,13-15,20-21H2,1-4H3. The summed E-state index contributed by atoms with van der Waals surface area (Å²) in [4.78, 5) is 11.4. The van der Waals surface area contributed by atoms with Gasteiger partial charge in [0.2, 0.25) is 0 Å². The van der Waals surface area contributed by atoms with Gasteiger partial charge < -0.3 is 15.1 Å². The molecule has 0 saturated carbocycles. The van der Waals surface area contributed by atoms with Gasteiger partial charge in [-0.1, -0.05) is 51.1 Å². The molecule has 190 valence electrons. The molecule has 2 aliphatic rings. The highest BCUT2D eigenvalue weighted by Crippen LogP contribution is 2.50. The molecule has 3 heterocycles. The van der Waals surface area contributed by atoms with Crippen molar-refractivity contribution in [3.63, 3.8) is 0 Å². The van der Waals surface area contributed by atoms with Gasteiger partial charge in [0.05, 0.1) is 5.69 Å². The fourth-order valence-electron chi connectivity index (χ4n) is 6.51. The molecule has 0 spiro atoms. The van der Waals surface area contributed by atoms with E-state index in [-0.39, 0.29) is 5.41 Å². The van der Waals surface area contributed by atoms with Crippen LogP contribution in [0.25, 0.3) is 0 Å². The maximum absolute atomic E-state index is 12.5. The van der Waals surface area contributed by atoms with Crippen molar-refractivity contribution < 1.29 is 10.2 Å². The molecule has 1 aliphatic heterocycles. The minimum atomic E-state index is -1.16. The van der Waals surface area contributed by atoms with E-state index < -0.39 is 11.2 Å². The molecule has 3 aromatic rings. The molecular weight excluding hydrogens is 446 g/mol. The molecule has 1 aliphatic carbocycles. The predicted molar refractivity (Wildman–Crippen MR) is 143 cm³/mol. The second-order valence-electron chi connectivity index (χ2n) is 11.7. The third kappa shape index (κ3) is 4.27. The fourth-order valence-corrected chi connectivity index (χ4v) is 6.51. The molecule has 2 aromatic heterocycles. The number of fused-ring (bicyclic) bond motifs is 1. The highest BCUT2D eigenvalue weighted by molar-refractivity contribution is 5.42. The average Bonchev–Trinajstić information content (AvgIpc) is 2.87. The zero-order valence-electron chi connectivity index (χ0n) is 22.0. The zero-order chi connectivity index (χ0) is 25.6. The highest BCUT2D eigenvalue weighted by atomic mass is 16.3. The summed E-state index contributed by atoms with van der Waals surface area (Å²) in [6, 6.07) is 14.6. The van der Waals surface area contributed by atoms with Crippen molar-refractivity contribution in [2.24, 2.45) is 5.41 Å². The van der Waals surface area contributed by atoms with Crippen LogP contribution in [0.2, 0.25) is 0 Å². The number of hydrogen-bond acceptors (Lipinski definition) is 5. The largest absolute Gasteiger partial charge is 0.384 e. The van der Waals surface area contributed by atoms with E-state index >= 15 is 0 Å². The lowest BCUT2D eigenvalue weighted by Gasteiger charge is -2.56. The molecule has 1 saturated heterocycles. The first-order valence-electron chi connectivity index (χ1n) is 13.3. The van der Waals surface area contributed by atoms with Crippen LogP contribution < -0.4 is 0 Å². The van der Waals surface area contributed by atoms with E-state index in [2.05, 4.69) is 79.1 Å². The van der Waals surface area contributed by atoms with Crippen LogP contribution in [0, 0.1) is 5.41 Å². The molecule has 1 aromatic carbocycles. The Balaban J connectivity index is 1.46. The summed E-state index contributed by atoms with van der Waals surface area (Å²) in [6.07, 6.45) is 9.38. The minimum Gasteiger partial charge on any atom is -0.384 e. The third-order valence-electron chi connectivity index (χ3n) is 8.51. The fraction of sp³-hybridized carbons (Fsp3) is 0.484. The molecule has 1 fully saturated rings. The van der Waals surface area contributed by atoms with Crippen molar-refractivity contribution in [2.75, 3.05) is 20.1 Å². The Morgan fingerprint density at radius 1 is 1.08 bits per heavy atom. The summed E-state index contributed by atoms with van der Waals surface area (Å²) in [5.74, 6) is 0.438. The van der Waals surface area contributed by atoms with Gasteiger partial charge in [0.1, 0.15) is 11.2 Å². The molecule has 5 rings (SSSR count). The van der Waals surface area contributed by atoms with E-state index in [0.29, 0.717) is 18.8 Å². The van der Waals surface area contributed by atoms with E-state index in [1.54, 1.807) is 6.20 Å². The van der Waals surface area contributed by atoms with Crippen LogP contribution in [-0.2, 0) is 24.0 Å². The summed E-state index contributed by atoms with van der Waals surface area (Å²) in [5, 5.41) is 24.0. The maximum atomic E-state index is 12.5. The first-order chi connectivity index (χ1) is 17.1. The number of benzene rings is 1. The number of pyridine rings is 2. The van der Waals surface area contributed by atoms with E-state index in [9.17, 15) is 10.2 Å². The Morgan fingerprint density at radius 2 is 1.83 bits per heavy atom. The number of rotatable bonds is 7. The zero-order valence-corrected chi connectivity index (χ0v) is 22.0. The van der Waals surface area contributed by atoms with Crippen molar-refractivity contribution >= 4 is 0 Å². The normalized spacial score (nSPS) is 23.1. The lowest BCUT2D eigenvalue weighted by atomic mass is 9.62. The summed E-state index contributed by atoms with van der Waals surface area (Å²) >= 11 is 0. The van der Waals surface area contributed by atoms with Crippen molar-refractivity contribution in [3.8, 4) is 0 Å². The summed E-state index contributed by atoms with van der Waals surface area (Å²) in [7, 11) is 2.09. The SMILES string of the molecule is CC(C)c1ccc(C(O)(c2cncc(CCC3(O)CCCc4cccnc43)c2)C2(C)CN(C)C2)cc1. The minimum absolute atomic E-state index is 0.328. The van der Waals surface area contributed by atoms with Crippen LogP contribution in [0.1, 0.15) is 79.5 Å². The van der Waals surface area contributed by atoms with Crippen molar-refractivity contribution in [1.29, 1.82) is 0 Å². The van der Waals surface area contributed by atoms with Crippen LogP contribution in [0.4, 0.5) is 0 Å². The van der Waals surface area contributed by atoms with Crippen molar-refractivity contribution in [3.05, 3.63) is 94.6 Å². The highest BCUT2D eigenvalue weighted by Gasteiger charge is 2.55. The lowest BCUT2D eigenvalue weighted by Crippen LogP contribution is -2.63. The van der Waals surface area contributed by atoms with Crippen LogP contribution >= 0.6 is 0 Å². The molecule has 36 heavy (non-hydrogen) atoms. The Kier molecular flexibility index (Phi) is 6.52. The van der Waals surface area contributed by atoms with Crippen molar-refractivity contribution in [1.82, 2.24) is 14.9 Å². The third-order valence-corrected chi connectivity index (χ3v) is 8.51. The van der Waals surface area contributed by atoms with Crippen LogP contribution in [0.15, 0.2) is 61.1 Å². The van der Waals surface area contributed by atoms with Crippen molar-refractivity contribution in [2.45, 2.75) is 70.0 Å². The number of aliphatic hydroxyl groups is 2. The Hall–Kier alpha value is -2.60. The van der Waals surface area contributed by atoms with Crippen LogP contribution in [0.3, 0.4) is 0 Å². The first-order valence-corrected chi connectivity index (χ1v) is 13.3. The Bertz CT molecular complexity index is 1220. The molecule has 2 atom stereocenters. The Labute approximate surface area is 215 Å².